The van der Waals surface area contributed by atoms with Crippen molar-refractivity contribution in [2.75, 3.05) is 0 Å². The average Bonchev–Trinajstić information content (AvgIpc) is 1.99. The molecule has 0 aromatic rings. The van der Waals surface area contributed by atoms with Gasteiger partial charge in [-0.25, -0.2) is 0 Å². The lowest BCUT2D eigenvalue weighted by Gasteiger charge is -2.36. The molecule has 0 aromatic carbocycles. The van der Waals surface area contributed by atoms with Crippen LogP contribution in [0.2, 0.25) is 0 Å². The van der Waals surface area contributed by atoms with Gasteiger partial charge in [0, 0.05) is 0 Å². The Kier molecular flexibility index (Phi) is 4.59. The molecule has 0 aliphatic heterocycles. The van der Waals surface area contributed by atoms with Crippen LogP contribution in [0.5, 0.6) is 0 Å². The molecule has 0 aromatic heterocycles. The van der Waals surface area contributed by atoms with Crippen molar-refractivity contribution >= 4 is 0 Å². The predicted molar refractivity (Wildman–Crippen MR) is 57.2 cm³/mol. The van der Waals surface area contributed by atoms with E-state index in [-0.39, 0.29) is 0 Å². The van der Waals surface area contributed by atoms with Crippen LogP contribution in [0.3, 0.4) is 0 Å². The van der Waals surface area contributed by atoms with Crippen molar-refractivity contribution in [2.45, 2.75) is 47.5 Å². The van der Waals surface area contributed by atoms with Crippen molar-refractivity contribution in [3.8, 4) is 0 Å². The molecule has 0 heteroatoms. The lowest BCUT2D eigenvalue weighted by atomic mass is 9.70. The summed E-state index contributed by atoms with van der Waals surface area (Å²) in [6, 6.07) is 0. The molecule has 0 saturated heterocycles. The Bertz CT molecular complexity index is 131. The number of hydrogen-bond acceptors (Lipinski definition) is 0. The van der Waals surface area contributed by atoms with Gasteiger partial charge in [-0.05, 0) is 23.7 Å². The largest absolute Gasteiger partial charge is 0.103 e. The van der Waals surface area contributed by atoms with Crippen LogP contribution >= 0.6 is 0 Å². The Balaban J connectivity index is 4.37. The van der Waals surface area contributed by atoms with Gasteiger partial charge in [-0.15, -0.1) is 6.58 Å². The molecular weight excluding hydrogens is 144 g/mol. The summed E-state index contributed by atoms with van der Waals surface area (Å²) in [5.74, 6) is 1.54. The summed E-state index contributed by atoms with van der Waals surface area (Å²) in [7, 11) is 0. The molecule has 1 atom stereocenters. The van der Waals surface area contributed by atoms with Gasteiger partial charge in [-0.2, -0.15) is 0 Å². The number of allylic oxidation sites excluding steroid dienone is 1. The maximum absolute atomic E-state index is 3.83. The highest BCUT2D eigenvalue weighted by molar-refractivity contribution is 4.84. The van der Waals surface area contributed by atoms with Gasteiger partial charge in [-0.3, -0.25) is 0 Å². The van der Waals surface area contributed by atoms with Crippen molar-refractivity contribution in [2.24, 2.45) is 17.3 Å². The summed E-state index contributed by atoms with van der Waals surface area (Å²) in [5.41, 5.74) is 0.461. The maximum atomic E-state index is 3.83. The van der Waals surface area contributed by atoms with E-state index in [1.54, 1.807) is 0 Å². The summed E-state index contributed by atoms with van der Waals surface area (Å²) < 4.78 is 0. The monoisotopic (exact) mass is 168 g/mol. The molecule has 12 heavy (non-hydrogen) atoms. The highest BCUT2D eigenvalue weighted by Gasteiger charge is 2.28. The number of rotatable bonds is 5. The molecule has 0 fully saturated rings. The Hall–Kier alpha value is -0.260. The van der Waals surface area contributed by atoms with E-state index in [1.807, 2.05) is 0 Å². The van der Waals surface area contributed by atoms with Crippen LogP contribution < -0.4 is 0 Å². The molecule has 0 aliphatic rings. The van der Waals surface area contributed by atoms with E-state index >= 15 is 0 Å². The quantitative estimate of drug-likeness (QED) is 0.538. The molecule has 0 heterocycles. The molecular formula is C12H24. The van der Waals surface area contributed by atoms with Gasteiger partial charge in [0.25, 0.3) is 0 Å². The zero-order valence-corrected chi connectivity index (χ0v) is 9.35. The zero-order valence-electron chi connectivity index (χ0n) is 9.35. The van der Waals surface area contributed by atoms with Crippen LogP contribution in [0.4, 0.5) is 0 Å². The van der Waals surface area contributed by atoms with Crippen LogP contribution in [0.1, 0.15) is 47.5 Å². The minimum absolute atomic E-state index is 0.461. The summed E-state index contributed by atoms with van der Waals surface area (Å²) in [6.07, 6.45) is 4.46. The predicted octanol–water partition coefficient (Wildman–Crippen LogP) is 4.27. The lowest BCUT2D eigenvalue weighted by Crippen LogP contribution is -2.27. The third kappa shape index (κ3) is 3.00. The Labute approximate surface area is 78.1 Å². The van der Waals surface area contributed by atoms with E-state index in [1.165, 1.54) is 6.42 Å². The van der Waals surface area contributed by atoms with Crippen molar-refractivity contribution < 1.29 is 0 Å². The van der Waals surface area contributed by atoms with Crippen LogP contribution in [-0.4, -0.2) is 0 Å². The van der Waals surface area contributed by atoms with E-state index < -0.39 is 0 Å². The average molecular weight is 168 g/mol. The molecule has 0 nitrogen and oxygen atoms in total. The first-order chi connectivity index (χ1) is 5.45. The van der Waals surface area contributed by atoms with Crippen LogP contribution in [0.15, 0.2) is 12.7 Å². The second-order valence-corrected chi connectivity index (χ2v) is 4.72. The van der Waals surface area contributed by atoms with E-state index in [9.17, 15) is 0 Å². The molecule has 0 amide bonds. The fourth-order valence-corrected chi connectivity index (χ4v) is 1.94. The molecule has 0 aliphatic carbocycles. The van der Waals surface area contributed by atoms with E-state index in [0.29, 0.717) is 5.41 Å². The minimum atomic E-state index is 0.461. The molecule has 0 bridgehead atoms. The van der Waals surface area contributed by atoms with Crippen molar-refractivity contribution in [1.82, 2.24) is 0 Å². The van der Waals surface area contributed by atoms with Crippen molar-refractivity contribution in [1.29, 1.82) is 0 Å². The first-order valence-electron chi connectivity index (χ1n) is 5.06. The Morgan fingerprint density at radius 1 is 1.33 bits per heavy atom. The third-order valence-electron chi connectivity index (χ3n) is 3.14. The van der Waals surface area contributed by atoms with E-state index in [4.69, 9.17) is 0 Å². The molecule has 0 radical (unpaired) electrons. The summed E-state index contributed by atoms with van der Waals surface area (Å²) in [6.45, 7) is 15.5. The Morgan fingerprint density at radius 2 is 1.83 bits per heavy atom. The van der Waals surface area contributed by atoms with Crippen LogP contribution in [-0.2, 0) is 0 Å². The fraction of sp³-hybridized carbons (Fsp3) is 0.833. The first-order valence-corrected chi connectivity index (χ1v) is 5.06. The summed E-state index contributed by atoms with van der Waals surface area (Å²) in [5, 5.41) is 0. The van der Waals surface area contributed by atoms with Gasteiger partial charge >= 0.3 is 0 Å². The molecule has 0 rings (SSSR count). The topological polar surface area (TPSA) is 0 Å². The molecule has 0 saturated carbocycles. The molecule has 1 unspecified atom stereocenters. The second-order valence-electron chi connectivity index (χ2n) is 4.72. The van der Waals surface area contributed by atoms with Crippen LogP contribution in [0, 0.1) is 17.3 Å². The lowest BCUT2D eigenvalue weighted by molar-refractivity contribution is 0.152. The summed E-state index contributed by atoms with van der Waals surface area (Å²) in [4.78, 5) is 0. The van der Waals surface area contributed by atoms with Crippen LogP contribution in [0.25, 0.3) is 0 Å². The zero-order chi connectivity index (χ0) is 9.78. The van der Waals surface area contributed by atoms with Gasteiger partial charge in [0.15, 0.2) is 0 Å². The number of hydrogen-bond donors (Lipinski definition) is 0. The van der Waals surface area contributed by atoms with Crippen molar-refractivity contribution in [3.63, 3.8) is 0 Å². The SMILES string of the molecule is C=CCC(C(C)C)C(C)(C)CC. The summed E-state index contributed by atoms with van der Waals surface area (Å²) >= 11 is 0. The second kappa shape index (κ2) is 4.69. The molecule has 0 spiro atoms. The fourth-order valence-electron chi connectivity index (χ4n) is 1.94. The van der Waals surface area contributed by atoms with Gasteiger partial charge in [-0.1, -0.05) is 47.1 Å². The van der Waals surface area contributed by atoms with E-state index in [0.717, 1.165) is 18.3 Å². The van der Waals surface area contributed by atoms with Gasteiger partial charge in [0.1, 0.15) is 0 Å². The molecule has 0 N–H and O–H groups in total. The van der Waals surface area contributed by atoms with E-state index in [2.05, 4.69) is 47.3 Å². The Morgan fingerprint density at radius 3 is 2.08 bits per heavy atom. The molecule has 72 valence electrons. The highest BCUT2D eigenvalue weighted by Crippen LogP contribution is 2.37. The third-order valence-corrected chi connectivity index (χ3v) is 3.14. The van der Waals surface area contributed by atoms with Gasteiger partial charge in [0.2, 0.25) is 0 Å². The standard InChI is InChI=1S/C12H24/c1-7-9-11(10(3)4)12(5,6)8-2/h7,10-11H,1,8-9H2,2-6H3. The van der Waals surface area contributed by atoms with Gasteiger partial charge in [0.05, 0.1) is 0 Å². The maximum Gasteiger partial charge on any atom is -0.0305 e. The van der Waals surface area contributed by atoms with Gasteiger partial charge < -0.3 is 0 Å². The minimum Gasteiger partial charge on any atom is -0.103 e. The highest BCUT2D eigenvalue weighted by atomic mass is 14.3. The smallest absolute Gasteiger partial charge is 0.0305 e. The van der Waals surface area contributed by atoms with Crippen molar-refractivity contribution in [3.05, 3.63) is 12.7 Å². The normalized spacial score (nSPS) is 14.8. The first kappa shape index (κ1) is 11.7.